The topological polar surface area (TPSA) is 91.4 Å². The summed E-state index contributed by atoms with van der Waals surface area (Å²) in [5.74, 6) is 2.48. The Kier molecular flexibility index (Phi) is 19.8. The van der Waals surface area contributed by atoms with Crippen LogP contribution in [0, 0.1) is 0 Å². The maximum absolute atomic E-state index is 12.6. The average molecular weight is 536 g/mol. The Bertz CT molecular complexity index is 594. The van der Waals surface area contributed by atoms with E-state index in [1.807, 2.05) is 11.8 Å². The number of carbonyl (C=O) groups excluding carboxylic acids is 3. The number of carbonyl (C=O) groups is 3. The van der Waals surface area contributed by atoms with Gasteiger partial charge < -0.3 is 23.8 Å². The van der Waals surface area contributed by atoms with Gasteiger partial charge in [-0.1, -0.05) is 28.5 Å². The molecule has 1 saturated heterocycles. The average Bonchev–Trinajstić information content (AvgIpc) is 3.27. The van der Waals surface area contributed by atoms with Crippen molar-refractivity contribution in [3.8, 4) is 0 Å². The van der Waals surface area contributed by atoms with E-state index in [0.29, 0.717) is 71.7 Å². The molecule has 0 spiro atoms. The first-order chi connectivity index (χ1) is 17.0. The Labute approximate surface area is 219 Å². The van der Waals surface area contributed by atoms with Crippen LogP contribution in [0.25, 0.3) is 0 Å². The third-order valence-electron chi connectivity index (χ3n) is 5.85. The van der Waals surface area contributed by atoms with Gasteiger partial charge in [0.2, 0.25) is 5.91 Å². The van der Waals surface area contributed by atoms with Crippen molar-refractivity contribution in [3.05, 3.63) is 0 Å². The molecule has 0 unspecified atom stereocenters. The van der Waals surface area contributed by atoms with Crippen LogP contribution in [0.3, 0.4) is 0 Å². The molecule has 10 heteroatoms. The van der Waals surface area contributed by atoms with Crippen molar-refractivity contribution in [2.24, 2.45) is 0 Å². The summed E-state index contributed by atoms with van der Waals surface area (Å²) in [5, 5.41) is 0. The molecule has 0 aromatic carbocycles. The number of methoxy groups -OCH3 is 2. The van der Waals surface area contributed by atoms with Crippen LogP contribution in [0.4, 0.5) is 0 Å². The van der Waals surface area contributed by atoms with Gasteiger partial charge in [0.1, 0.15) is 11.6 Å². The minimum Gasteiger partial charge on any atom is -0.383 e. The van der Waals surface area contributed by atoms with Gasteiger partial charge in [-0.15, -0.1) is 0 Å². The normalized spacial score (nSPS) is 17.7. The molecule has 0 N–H and O–H groups in total. The van der Waals surface area contributed by atoms with Crippen LogP contribution >= 0.6 is 21.6 Å². The zero-order valence-electron chi connectivity index (χ0n) is 21.8. The van der Waals surface area contributed by atoms with Crippen LogP contribution in [0.5, 0.6) is 0 Å². The molecule has 1 fully saturated rings. The summed E-state index contributed by atoms with van der Waals surface area (Å²) in [7, 11) is 6.86. The Balaban J connectivity index is 1.91. The number of unbranched alkanes of at least 4 members (excludes halogenated alkanes) is 1. The Morgan fingerprint density at radius 3 is 2.23 bits per heavy atom. The quantitative estimate of drug-likeness (QED) is 0.142. The molecule has 0 aromatic rings. The predicted octanol–water partition coefficient (Wildman–Crippen LogP) is 3.94. The van der Waals surface area contributed by atoms with E-state index in [9.17, 15) is 14.4 Å². The first-order valence-corrected chi connectivity index (χ1v) is 15.2. The van der Waals surface area contributed by atoms with Crippen molar-refractivity contribution in [2.45, 2.75) is 76.9 Å². The van der Waals surface area contributed by atoms with E-state index in [1.165, 1.54) is 0 Å². The fourth-order valence-electron chi connectivity index (χ4n) is 3.79. The second kappa shape index (κ2) is 21.4. The Morgan fingerprint density at radius 2 is 1.51 bits per heavy atom. The van der Waals surface area contributed by atoms with E-state index in [1.54, 1.807) is 35.8 Å². The van der Waals surface area contributed by atoms with Crippen LogP contribution in [-0.4, -0.2) is 99.8 Å². The van der Waals surface area contributed by atoms with E-state index in [4.69, 9.17) is 18.9 Å². The van der Waals surface area contributed by atoms with Crippen molar-refractivity contribution in [1.29, 1.82) is 0 Å². The molecule has 1 aliphatic rings. The SMILES string of the molecule is CCC(=O)CCOCCOCCSSCCCC(=O)CCCCC(=O)N1C[C@@H](OC)C[C@@H]1COC. The van der Waals surface area contributed by atoms with Crippen molar-refractivity contribution in [2.75, 3.05) is 65.3 Å². The van der Waals surface area contributed by atoms with Crippen molar-refractivity contribution < 1.29 is 33.3 Å². The van der Waals surface area contributed by atoms with Gasteiger partial charge in [-0.25, -0.2) is 0 Å². The largest absolute Gasteiger partial charge is 0.383 e. The summed E-state index contributed by atoms with van der Waals surface area (Å²) < 4.78 is 21.5. The number of ether oxygens (including phenoxy) is 4. The Hall–Kier alpha value is -0.650. The predicted molar refractivity (Wildman–Crippen MR) is 142 cm³/mol. The van der Waals surface area contributed by atoms with Gasteiger partial charge in [-0.05, 0) is 25.7 Å². The molecule has 1 aliphatic heterocycles. The number of Topliss-reactive ketones (excluding diaryl/α,β-unsaturated/α-hetero) is 2. The summed E-state index contributed by atoms with van der Waals surface area (Å²) in [6.07, 6.45) is 5.96. The van der Waals surface area contributed by atoms with Crippen molar-refractivity contribution in [3.63, 3.8) is 0 Å². The summed E-state index contributed by atoms with van der Waals surface area (Å²) in [6, 6.07) is 0.0865. The first kappa shape index (κ1) is 32.4. The summed E-state index contributed by atoms with van der Waals surface area (Å²) >= 11 is 0. The fourth-order valence-corrected chi connectivity index (χ4v) is 5.74. The molecule has 204 valence electrons. The highest BCUT2D eigenvalue weighted by Crippen LogP contribution is 2.23. The van der Waals surface area contributed by atoms with Gasteiger partial charge in [0.05, 0.1) is 45.2 Å². The van der Waals surface area contributed by atoms with E-state index in [0.717, 1.165) is 37.2 Å². The van der Waals surface area contributed by atoms with Gasteiger partial charge in [0.15, 0.2) is 0 Å². The van der Waals surface area contributed by atoms with Gasteiger partial charge in [-0.3, -0.25) is 14.4 Å². The van der Waals surface area contributed by atoms with Crippen molar-refractivity contribution in [1.82, 2.24) is 4.90 Å². The molecule has 0 radical (unpaired) electrons. The first-order valence-electron chi connectivity index (χ1n) is 12.8. The van der Waals surface area contributed by atoms with Crippen molar-refractivity contribution >= 4 is 39.1 Å². The highest BCUT2D eigenvalue weighted by molar-refractivity contribution is 8.76. The zero-order chi connectivity index (χ0) is 25.7. The molecule has 2 atom stereocenters. The highest BCUT2D eigenvalue weighted by Gasteiger charge is 2.34. The number of rotatable bonds is 23. The number of likely N-dealkylation sites (tertiary alicyclic amines) is 1. The molecule has 1 heterocycles. The van der Waals surface area contributed by atoms with Crippen LogP contribution in [0.2, 0.25) is 0 Å². The van der Waals surface area contributed by atoms with Gasteiger partial charge in [-0.2, -0.15) is 0 Å². The number of hydrogen-bond acceptors (Lipinski definition) is 9. The minimum absolute atomic E-state index is 0.0815. The van der Waals surface area contributed by atoms with Crippen LogP contribution in [0.1, 0.15) is 64.7 Å². The lowest BCUT2D eigenvalue weighted by Gasteiger charge is -2.23. The summed E-state index contributed by atoms with van der Waals surface area (Å²) in [6.45, 7) is 5.23. The standard InChI is InChI=1S/C25H45NO7S2/c1-4-22(27)11-12-32-13-14-33-15-17-35-34-16-7-9-23(28)8-5-6-10-25(29)26-19-24(31-3)18-21(26)20-30-2/h21,24H,4-20H2,1-3H3/t21-,24+/m1/s1. The maximum Gasteiger partial charge on any atom is 0.222 e. The molecule has 0 bridgehead atoms. The molecule has 0 saturated carbocycles. The van der Waals surface area contributed by atoms with Crippen LogP contribution < -0.4 is 0 Å². The molecule has 0 aromatic heterocycles. The molecular formula is C25H45NO7S2. The summed E-state index contributed by atoms with van der Waals surface area (Å²) in [5.41, 5.74) is 0. The molecule has 1 amide bonds. The number of nitrogens with zero attached hydrogens (tertiary/aromatic N) is 1. The minimum atomic E-state index is 0.0815. The lowest BCUT2D eigenvalue weighted by atomic mass is 10.1. The molecular weight excluding hydrogens is 490 g/mol. The molecule has 1 rings (SSSR count). The smallest absolute Gasteiger partial charge is 0.222 e. The molecule has 0 aliphatic carbocycles. The third-order valence-corrected chi connectivity index (χ3v) is 8.31. The number of hydrogen-bond donors (Lipinski definition) is 0. The van der Waals surface area contributed by atoms with E-state index in [2.05, 4.69) is 0 Å². The molecule has 8 nitrogen and oxygen atoms in total. The van der Waals surface area contributed by atoms with Gasteiger partial charge in [0, 0.05) is 64.4 Å². The second-order valence-electron chi connectivity index (χ2n) is 8.61. The van der Waals surface area contributed by atoms with Gasteiger partial charge in [0.25, 0.3) is 0 Å². The zero-order valence-corrected chi connectivity index (χ0v) is 23.4. The monoisotopic (exact) mass is 535 g/mol. The molecule has 35 heavy (non-hydrogen) atoms. The lowest BCUT2D eigenvalue weighted by Crippen LogP contribution is -2.38. The van der Waals surface area contributed by atoms with E-state index < -0.39 is 0 Å². The highest BCUT2D eigenvalue weighted by atomic mass is 33.1. The van der Waals surface area contributed by atoms with E-state index in [-0.39, 0.29) is 29.6 Å². The fraction of sp³-hybridized carbons (Fsp3) is 0.880. The second-order valence-corrected chi connectivity index (χ2v) is 11.3. The van der Waals surface area contributed by atoms with Gasteiger partial charge >= 0.3 is 0 Å². The Morgan fingerprint density at radius 1 is 0.829 bits per heavy atom. The van der Waals surface area contributed by atoms with Crippen LogP contribution in [-0.2, 0) is 33.3 Å². The van der Waals surface area contributed by atoms with Crippen LogP contribution in [0.15, 0.2) is 0 Å². The lowest BCUT2D eigenvalue weighted by molar-refractivity contribution is -0.133. The number of ketones is 2. The number of amides is 1. The maximum atomic E-state index is 12.6. The van der Waals surface area contributed by atoms with E-state index >= 15 is 0 Å². The summed E-state index contributed by atoms with van der Waals surface area (Å²) in [4.78, 5) is 37.7. The third kappa shape index (κ3) is 15.9.